The maximum absolute atomic E-state index is 13.4. The number of hydrogen-bond donors (Lipinski definition) is 0. The highest BCUT2D eigenvalue weighted by atomic mass is 19.4. The van der Waals surface area contributed by atoms with Gasteiger partial charge in [-0.25, -0.2) is 9.50 Å². The van der Waals surface area contributed by atoms with Crippen LogP contribution in [0.5, 0.6) is 0 Å². The minimum absolute atomic E-state index is 0.0235. The number of allylic oxidation sites excluding steroid dienone is 2. The van der Waals surface area contributed by atoms with Gasteiger partial charge < -0.3 is 4.90 Å². The van der Waals surface area contributed by atoms with E-state index in [-0.39, 0.29) is 23.4 Å². The first kappa shape index (κ1) is 19.0. The minimum atomic E-state index is -4.50. The second-order valence-corrected chi connectivity index (χ2v) is 7.57. The van der Waals surface area contributed by atoms with Crippen molar-refractivity contribution < 1.29 is 18.0 Å². The molecular formula is C20H23F3N4O. The summed E-state index contributed by atoms with van der Waals surface area (Å²) in [6, 6.07) is 2.70. The Bertz CT molecular complexity index is 918. The Morgan fingerprint density at radius 3 is 2.75 bits per heavy atom. The molecule has 2 unspecified atom stereocenters. The lowest BCUT2D eigenvalue weighted by Crippen LogP contribution is -2.34. The minimum Gasteiger partial charge on any atom is -0.342 e. The highest BCUT2D eigenvalue weighted by molar-refractivity contribution is 5.79. The first-order chi connectivity index (χ1) is 13.4. The fourth-order valence-corrected chi connectivity index (χ4v) is 4.10. The molecule has 2 aromatic rings. The Kier molecular flexibility index (Phi) is 4.89. The molecule has 1 amide bonds. The first-order valence-electron chi connectivity index (χ1n) is 9.77. The lowest BCUT2D eigenvalue weighted by atomic mass is 9.93. The first-order valence-corrected chi connectivity index (χ1v) is 9.77. The van der Waals surface area contributed by atoms with Gasteiger partial charge in [0.1, 0.15) is 5.69 Å². The standard InChI is InChI=1S/C20H23F3N4O/c1-2-15-10-17(20(21,22)23)27-18(24-15)11-16(25-27)14-8-9-26(12-14)19(28)13-6-4-3-5-7-13/h3-4,10-11,13-14H,2,5-9,12H2,1H3. The molecule has 1 fully saturated rings. The molecule has 0 aromatic carbocycles. The highest BCUT2D eigenvalue weighted by Crippen LogP contribution is 2.33. The van der Waals surface area contributed by atoms with E-state index in [1.807, 2.05) is 4.90 Å². The van der Waals surface area contributed by atoms with Gasteiger partial charge >= 0.3 is 6.18 Å². The van der Waals surface area contributed by atoms with Crippen LogP contribution in [0, 0.1) is 5.92 Å². The molecule has 0 N–H and O–H groups in total. The van der Waals surface area contributed by atoms with Crippen LogP contribution in [0.2, 0.25) is 0 Å². The molecule has 0 radical (unpaired) electrons. The molecule has 1 saturated heterocycles. The number of halogens is 3. The molecule has 3 heterocycles. The lowest BCUT2D eigenvalue weighted by Gasteiger charge is -2.24. The number of carbonyl (C=O) groups excluding carboxylic acids is 1. The smallest absolute Gasteiger partial charge is 0.342 e. The van der Waals surface area contributed by atoms with E-state index in [9.17, 15) is 18.0 Å². The van der Waals surface area contributed by atoms with Gasteiger partial charge in [0.15, 0.2) is 5.65 Å². The van der Waals surface area contributed by atoms with Gasteiger partial charge in [0.05, 0.1) is 5.69 Å². The number of hydrogen-bond acceptors (Lipinski definition) is 3. The molecule has 4 rings (SSSR count). The molecule has 1 aliphatic heterocycles. The Labute approximate surface area is 161 Å². The highest BCUT2D eigenvalue weighted by Gasteiger charge is 2.37. The SMILES string of the molecule is CCc1cc(C(F)(F)F)n2nc(C3CCN(C(=O)C4CC=CCC4)C3)cc2n1. The molecule has 2 atom stereocenters. The number of nitrogens with zero attached hydrogens (tertiary/aromatic N) is 4. The Morgan fingerprint density at radius 1 is 1.25 bits per heavy atom. The third kappa shape index (κ3) is 3.52. The van der Waals surface area contributed by atoms with Crippen molar-refractivity contribution in [2.45, 2.75) is 51.1 Å². The lowest BCUT2D eigenvalue weighted by molar-refractivity contribution is -0.142. The van der Waals surface area contributed by atoms with Gasteiger partial charge in [-0.3, -0.25) is 4.79 Å². The van der Waals surface area contributed by atoms with Crippen molar-refractivity contribution in [2.75, 3.05) is 13.1 Å². The zero-order valence-corrected chi connectivity index (χ0v) is 15.7. The van der Waals surface area contributed by atoms with Crippen LogP contribution in [0.25, 0.3) is 5.65 Å². The molecule has 0 spiro atoms. The maximum Gasteiger partial charge on any atom is 0.433 e. The summed E-state index contributed by atoms with van der Waals surface area (Å²) in [4.78, 5) is 18.9. The van der Waals surface area contributed by atoms with E-state index >= 15 is 0 Å². The Balaban J connectivity index is 1.58. The van der Waals surface area contributed by atoms with Crippen molar-refractivity contribution >= 4 is 11.6 Å². The van der Waals surface area contributed by atoms with Gasteiger partial charge in [-0.05, 0) is 38.2 Å². The van der Waals surface area contributed by atoms with Gasteiger partial charge in [-0.1, -0.05) is 19.1 Å². The normalized spacial score (nSPS) is 22.9. The molecule has 28 heavy (non-hydrogen) atoms. The van der Waals surface area contributed by atoms with Crippen molar-refractivity contribution in [3.05, 3.63) is 41.4 Å². The molecule has 0 saturated carbocycles. The van der Waals surface area contributed by atoms with Crippen LogP contribution in [-0.2, 0) is 17.4 Å². The van der Waals surface area contributed by atoms with Crippen LogP contribution in [0.1, 0.15) is 55.6 Å². The summed E-state index contributed by atoms with van der Waals surface area (Å²) in [7, 11) is 0. The fourth-order valence-electron chi connectivity index (χ4n) is 4.10. The van der Waals surface area contributed by atoms with Crippen LogP contribution in [0.3, 0.4) is 0 Å². The second kappa shape index (κ2) is 7.22. The Hall–Kier alpha value is -2.38. The third-order valence-corrected chi connectivity index (χ3v) is 5.69. The fraction of sp³-hybridized carbons (Fsp3) is 0.550. The van der Waals surface area contributed by atoms with Crippen molar-refractivity contribution in [1.82, 2.24) is 19.5 Å². The number of likely N-dealkylation sites (tertiary alicyclic amines) is 1. The van der Waals surface area contributed by atoms with Gasteiger partial charge in [0, 0.05) is 36.7 Å². The van der Waals surface area contributed by atoms with Crippen molar-refractivity contribution in [2.24, 2.45) is 5.92 Å². The predicted molar refractivity (Wildman–Crippen MR) is 97.8 cm³/mol. The molecule has 2 aliphatic rings. The Morgan fingerprint density at radius 2 is 2.07 bits per heavy atom. The number of aryl methyl sites for hydroxylation is 1. The van der Waals surface area contributed by atoms with Gasteiger partial charge in [0.25, 0.3) is 0 Å². The van der Waals surface area contributed by atoms with Crippen molar-refractivity contribution in [1.29, 1.82) is 0 Å². The van der Waals surface area contributed by atoms with E-state index in [1.165, 1.54) is 0 Å². The van der Waals surface area contributed by atoms with Crippen molar-refractivity contribution in [3.63, 3.8) is 0 Å². The number of carbonyl (C=O) groups is 1. The van der Waals surface area contributed by atoms with E-state index in [0.29, 0.717) is 37.3 Å². The van der Waals surface area contributed by atoms with Crippen molar-refractivity contribution in [3.8, 4) is 0 Å². The largest absolute Gasteiger partial charge is 0.433 e. The molecule has 150 valence electrons. The number of amides is 1. The molecular weight excluding hydrogens is 369 g/mol. The summed E-state index contributed by atoms with van der Waals surface area (Å²) in [6.45, 7) is 2.90. The summed E-state index contributed by atoms with van der Waals surface area (Å²) in [5.41, 5.74) is 0.370. The maximum atomic E-state index is 13.4. The van der Waals surface area contributed by atoms with Crippen LogP contribution in [-0.4, -0.2) is 38.5 Å². The summed E-state index contributed by atoms with van der Waals surface area (Å²) < 4.78 is 41.2. The zero-order valence-electron chi connectivity index (χ0n) is 15.7. The summed E-state index contributed by atoms with van der Waals surface area (Å²) >= 11 is 0. The van der Waals surface area contributed by atoms with E-state index in [0.717, 1.165) is 29.8 Å². The van der Waals surface area contributed by atoms with Gasteiger partial charge in [-0.2, -0.15) is 18.3 Å². The van der Waals surface area contributed by atoms with Crippen LogP contribution in [0.4, 0.5) is 13.2 Å². The quantitative estimate of drug-likeness (QED) is 0.743. The molecule has 1 aliphatic carbocycles. The predicted octanol–water partition coefficient (Wildman–Crippen LogP) is 3.98. The number of rotatable bonds is 3. The van der Waals surface area contributed by atoms with E-state index in [2.05, 4.69) is 22.2 Å². The average molecular weight is 392 g/mol. The van der Waals surface area contributed by atoms with E-state index in [1.54, 1.807) is 13.0 Å². The zero-order chi connectivity index (χ0) is 19.9. The molecule has 5 nitrogen and oxygen atoms in total. The topological polar surface area (TPSA) is 50.5 Å². The van der Waals surface area contributed by atoms with E-state index in [4.69, 9.17) is 0 Å². The second-order valence-electron chi connectivity index (χ2n) is 7.57. The van der Waals surface area contributed by atoms with E-state index < -0.39 is 11.9 Å². The molecule has 2 aromatic heterocycles. The molecule has 8 heteroatoms. The van der Waals surface area contributed by atoms with Gasteiger partial charge in [0.2, 0.25) is 5.91 Å². The number of fused-ring (bicyclic) bond motifs is 1. The van der Waals surface area contributed by atoms with Gasteiger partial charge in [-0.15, -0.1) is 0 Å². The number of alkyl halides is 3. The summed E-state index contributed by atoms with van der Waals surface area (Å²) in [5.74, 6) is 0.115. The average Bonchev–Trinajstić information content (AvgIpc) is 3.33. The third-order valence-electron chi connectivity index (χ3n) is 5.69. The summed E-state index contributed by atoms with van der Waals surface area (Å²) in [6.07, 6.45) is 3.34. The monoisotopic (exact) mass is 392 g/mol. The van der Waals surface area contributed by atoms with Crippen LogP contribution < -0.4 is 0 Å². The van der Waals surface area contributed by atoms with Crippen LogP contribution >= 0.6 is 0 Å². The summed E-state index contributed by atoms with van der Waals surface area (Å²) in [5, 5.41) is 4.23. The molecule has 0 bridgehead atoms. The van der Waals surface area contributed by atoms with Crippen LogP contribution in [0.15, 0.2) is 24.3 Å². The number of aromatic nitrogens is 3.